The molecule has 9 heteroatoms. The van der Waals surface area contributed by atoms with Crippen molar-refractivity contribution in [3.05, 3.63) is 51.5 Å². The third kappa shape index (κ3) is 4.41. The zero-order chi connectivity index (χ0) is 22.8. The van der Waals surface area contributed by atoms with Gasteiger partial charge in [0, 0.05) is 12.1 Å². The maximum Gasteiger partial charge on any atom is 0.254 e. The van der Waals surface area contributed by atoms with Gasteiger partial charge in [0.2, 0.25) is 5.75 Å². The van der Waals surface area contributed by atoms with E-state index >= 15 is 0 Å². The first kappa shape index (κ1) is 23.5. The minimum Gasteiger partial charge on any atom is -0.493 e. The second-order valence-corrected chi connectivity index (χ2v) is 8.00. The van der Waals surface area contributed by atoms with Crippen LogP contribution in [0.3, 0.4) is 0 Å². The first-order chi connectivity index (χ1) is 14.8. The Morgan fingerprint density at radius 2 is 1.74 bits per heavy atom. The molecule has 1 unspecified atom stereocenters. The van der Waals surface area contributed by atoms with E-state index in [4.69, 9.17) is 42.1 Å². The van der Waals surface area contributed by atoms with Crippen LogP contribution in [0.5, 0.6) is 17.2 Å². The van der Waals surface area contributed by atoms with Crippen LogP contribution >= 0.6 is 23.2 Å². The molecule has 1 heterocycles. The lowest BCUT2D eigenvalue weighted by Crippen LogP contribution is -2.56. The number of hydrogen-bond donors (Lipinski definition) is 1. The summed E-state index contributed by atoms with van der Waals surface area (Å²) >= 11 is 12.3. The van der Waals surface area contributed by atoms with Crippen molar-refractivity contribution < 1.29 is 28.8 Å². The van der Waals surface area contributed by atoms with Crippen LogP contribution in [0.25, 0.3) is 0 Å². The summed E-state index contributed by atoms with van der Waals surface area (Å²) in [7, 11) is 4.48. The van der Waals surface area contributed by atoms with Crippen LogP contribution in [-0.4, -0.2) is 63.0 Å². The van der Waals surface area contributed by atoms with E-state index in [0.717, 1.165) is 0 Å². The van der Waals surface area contributed by atoms with Gasteiger partial charge in [-0.1, -0.05) is 29.3 Å². The standard InChI is InChI=1S/C22H25Cl2NO6/c1-13(26)22(15-5-6-16(23)17(24)11-15)12-25(7-8-31-22)21(27)14-9-18(28-2)20(30-4)19(10-14)29-3/h5-6,9-11,13,26H,7-8,12H2,1-4H3/t13-,22?/m1/s1. The van der Waals surface area contributed by atoms with Gasteiger partial charge in [0.25, 0.3) is 5.91 Å². The van der Waals surface area contributed by atoms with Gasteiger partial charge in [-0.3, -0.25) is 4.79 Å². The van der Waals surface area contributed by atoms with Gasteiger partial charge in [0.1, 0.15) is 5.60 Å². The zero-order valence-corrected chi connectivity index (χ0v) is 19.3. The molecule has 0 saturated carbocycles. The number of methoxy groups -OCH3 is 3. The fraction of sp³-hybridized carbons (Fsp3) is 0.409. The lowest BCUT2D eigenvalue weighted by Gasteiger charge is -2.45. The summed E-state index contributed by atoms with van der Waals surface area (Å²) in [6.45, 7) is 2.33. The van der Waals surface area contributed by atoms with E-state index in [9.17, 15) is 9.90 Å². The summed E-state index contributed by atoms with van der Waals surface area (Å²) in [5, 5.41) is 11.4. The lowest BCUT2D eigenvalue weighted by molar-refractivity contribution is -0.161. The third-order valence-corrected chi connectivity index (χ3v) is 6.17. The summed E-state index contributed by atoms with van der Waals surface area (Å²) in [5.41, 5.74) is -0.146. The molecular formula is C22H25Cl2NO6. The molecule has 1 N–H and O–H groups in total. The maximum absolute atomic E-state index is 13.4. The number of amides is 1. The van der Waals surface area contributed by atoms with Crippen LogP contribution in [0, 0.1) is 0 Å². The first-order valence-corrected chi connectivity index (χ1v) is 10.4. The van der Waals surface area contributed by atoms with Crippen molar-refractivity contribution in [2.24, 2.45) is 0 Å². The van der Waals surface area contributed by atoms with E-state index in [1.807, 2.05) is 0 Å². The predicted molar refractivity (Wildman–Crippen MR) is 118 cm³/mol. The average molecular weight is 470 g/mol. The van der Waals surface area contributed by atoms with Gasteiger partial charge in [0.15, 0.2) is 11.5 Å². The molecule has 31 heavy (non-hydrogen) atoms. The van der Waals surface area contributed by atoms with Crippen LogP contribution in [-0.2, 0) is 10.3 Å². The van der Waals surface area contributed by atoms with Crippen molar-refractivity contribution in [2.75, 3.05) is 41.0 Å². The van der Waals surface area contributed by atoms with Crippen LogP contribution in [0.4, 0.5) is 0 Å². The summed E-state index contributed by atoms with van der Waals surface area (Å²) < 4.78 is 22.1. The van der Waals surface area contributed by atoms with Crippen LogP contribution in [0.2, 0.25) is 10.0 Å². The number of halogens is 2. The Bertz CT molecular complexity index is 942. The predicted octanol–water partition coefficient (Wildman–Crippen LogP) is 3.77. The summed E-state index contributed by atoms with van der Waals surface area (Å²) in [4.78, 5) is 15.0. The molecule has 0 radical (unpaired) electrons. The number of carbonyl (C=O) groups is 1. The Balaban J connectivity index is 1.98. The van der Waals surface area contributed by atoms with Crippen LogP contribution in [0.15, 0.2) is 30.3 Å². The highest BCUT2D eigenvalue weighted by molar-refractivity contribution is 6.42. The van der Waals surface area contributed by atoms with Gasteiger partial charge < -0.3 is 29.0 Å². The number of rotatable bonds is 6. The molecule has 2 aromatic rings. The smallest absolute Gasteiger partial charge is 0.254 e. The second kappa shape index (κ2) is 9.53. The third-order valence-electron chi connectivity index (χ3n) is 5.43. The molecule has 0 spiro atoms. The highest BCUT2D eigenvalue weighted by Crippen LogP contribution is 2.40. The SMILES string of the molecule is COc1cc(C(=O)N2CCOC(c3ccc(Cl)c(Cl)c3)([C@@H](C)O)C2)cc(OC)c1OC. The van der Waals surface area contributed by atoms with Crippen LogP contribution in [0.1, 0.15) is 22.8 Å². The molecule has 3 rings (SSSR count). The number of benzene rings is 2. The highest BCUT2D eigenvalue weighted by Gasteiger charge is 2.44. The molecule has 1 fully saturated rings. The second-order valence-electron chi connectivity index (χ2n) is 7.18. The van der Waals surface area contributed by atoms with Crippen molar-refractivity contribution in [3.8, 4) is 17.2 Å². The largest absolute Gasteiger partial charge is 0.493 e. The van der Waals surface area contributed by atoms with Gasteiger partial charge in [-0.25, -0.2) is 0 Å². The van der Waals surface area contributed by atoms with Gasteiger partial charge >= 0.3 is 0 Å². The molecule has 1 amide bonds. The number of hydrogen-bond acceptors (Lipinski definition) is 6. The zero-order valence-electron chi connectivity index (χ0n) is 17.8. The summed E-state index contributed by atoms with van der Waals surface area (Å²) in [5.74, 6) is 0.903. The number of morpholine rings is 1. The van der Waals surface area contributed by atoms with Gasteiger partial charge in [-0.15, -0.1) is 0 Å². The van der Waals surface area contributed by atoms with Crippen molar-refractivity contribution in [1.29, 1.82) is 0 Å². The van der Waals surface area contributed by atoms with Crippen molar-refractivity contribution >= 4 is 29.1 Å². The topological polar surface area (TPSA) is 77.5 Å². The molecular weight excluding hydrogens is 445 g/mol. The highest BCUT2D eigenvalue weighted by atomic mass is 35.5. The quantitative estimate of drug-likeness (QED) is 0.693. The van der Waals surface area contributed by atoms with Crippen LogP contribution < -0.4 is 14.2 Å². The molecule has 168 valence electrons. The van der Waals surface area contributed by atoms with E-state index in [-0.39, 0.29) is 19.1 Å². The number of aliphatic hydroxyl groups is 1. The van der Waals surface area contributed by atoms with E-state index < -0.39 is 11.7 Å². The van der Waals surface area contributed by atoms with Crippen molar-refractivity contribution in [1.82, 2.24) is 4.90 Å². The fourth-order valence-electron chi connectivity index (χ4n) is 3.73. The number of nitrogens with zero attached hydrogens (tertiary/aromatic N) is 1. The van der Waals surface area contributed by atoms with Gasteiger partial charge in [-0.05, 0) is 36.8 Å². The Kier molecular flexibility index (Phi) is 7.21. The molecule has 0 aromatic heterocycles. The molecule has 1 aliphatic heterocycles. The van der Waals surface area contributed by atoms with E-state index in [1.165, 1.54) is 21.3 Å². The number of aliphatic hydroxyl groups excluding tert-OH is 1. The summed E-state index contributed by atoms with van der Waals surface area (Å²) in [6.07, 6.45) is -0.916. The van der Waals surface area contributed by atoms with E-state index in [0.29, 0.717) is 45.0 Å². The number of carbonyl (C=O) groups excluding carboxylic acids is 1. The monoisotopic (exact) mass is 469 g/mol. The van der Waals surface area contributed by atoms with Gasteiger partial charge in [0.05, 0.1) is 50.6 Å². The van der Waals surface area contributed by atoms with Crippen molar-refractivity contribution in [3.63, 3.8) is 0 Å². The Labute approximate surface area is 191 Å². The molecule has 2 aromatic carbocycles. The Morgan fingerprint density at radius 3 is 2.26 bits per heavy atom. The molecule has 0 bridgehead atoms. The summed E-state index contributed by atoms with van der Waals surface area (Å²) in [6, 6.07) is 8.25. The molecule has 1 saturated heterocycles. The van der Waals surface area contributed by atoms with E-state index in [1.54, 1.807) is 42.2 Å². The van der Waals surface area contributed by atoms with Gasteiger partial charge in [-0.2, -0.15) is 0 Å². The number of ether oxygens (including phenoxy) is 4. The molecule has 1 aliphatic rings. The van der Waals surface area contributed by atoms with Crippen molar-refractivity contribution in [2.45, 2.75) is 18.6 Å². The normalized spacial score (nSPS) is 19.6. The molecule has 2 atom stereocenters. The Hall–Kier alpha value is -2.19. The maximum atomic E-state index is 13.4. The molecule has 0 aliphatic carbocycles. The minimum atomic E-state index is -1.15. The molecule has 7 nitrogen and oxygen atoms in total. The van der Waals surface area contributed by atoms with E-state index in [2.05, 4.69) is 0 Å². The minimum absolute atomic E-state index is 0.123. The Morgan fingerprint density at radius 1 is 1.10 bits per heavy atom. The first-order valence-electron chi connectivity index (χ1n) is 9.64. The lowest BCUT2D eigenvalue weighted by atomic mass is 9.86. The fourth-order valence-corrected chi connectivity index (χ4v) is 4.03. The average Bonchev–Trinajstić information content (AvgIpc) is 2.79.